The molecule has 0 bridgehead atoms. The van der Waals surface area contributed by atoms with Gasteiger partial charge in [0.15, 0.2) is 5.69 Å². The molecule has 6 nitrogen and oxygen atoms in total. The first kappa shape index (κ1) is 16.0. The minimum atomic E-state index is -0.480. The van der Waals surface area contributed by atoms with Gasteiger partial charge in [0.2, 0.25) is 0 Å². The van der Waals surface area contributed by atoms with Crippen LogP contribution in [0.2, 0.25) is 0 Å². The second-order valence-corrected chi connectivity index (χ2v) is 4.51. The number of aromatic nitrogens is 2. The van der Waals surface area contributed by atoms with E-state index in [0.29, 0.717) is 30.9 Å². The second kappa shape index (κ2) is 7.56. The molecule has 0 saturated carbocycles. The summed E-state index contributed by atoms with van der Waals surface area (Å²) in [5.74, 6) is -0.481. The number of nitrogens with zero attached hydrogens (tertiary/aromatic N) is 1. The number of halogens is 1. The van der Waals surface area contributed by atoms with E-state index in [4.69, 9.17) is 14.6 Å². The third kappa shape index (κ3) is 4.05. The Morgan fingerprint density at radius 3 is 2.95 bits per heavy atom. The molecule has 22 heavy (non-hydrogen) atoms. The van der Waals surface area contributed by atoms with Gasteiger partial charge in [-0.25, -0.2) is 9.18 Å². The summed E-state index contributed by atoms with van der Waals surface area (Å²) >= 11 is 0. The lowest BCUT2D eigenvalue weighted by Crippen LogP contribution is -2.05. The van der Waals surface area contributed by atoms with Gasteiger partial charge in [-0.15, -0.1) is 0 Å². The number of aliphatic hydroxyl groups is 1. The van der Waals surface area contributed by atoms with Crippen molar-refractivity contribution in [3.8, 4) is 5.75 Å². The molecule has 0 fully saturated rings. The van der Waals surface area contributed by atoms with Crippen LogP contribution in [0.1, 0.15) is 28.7 Å². The maximum atomic E-state index is 13.0. The maximum absolute atomic E-state index is 13.0. The zero-order valence-corrected chi connectivity index (χ0v) is 12.1. The number of hydrogen-bond donors (Lipinski definition) is 2. The van der Waals surface area contributed by atoms with Gasteiger partial charge in [-0.3, -0.25) is 5.10 Å². The molecule has 118 valence electrons. The Kier molecular flexibility index (Phi) is 5.48. The second-order valence-electron chi connectivity index (χ2n) is 4.51. The summed E-state index contributed by atoms with van der Waals surface area (Å²) in [4.78, 5) is 11.5. The van der Waals surface area contributed by atoms with E-state index in [9.17, 15) is 9.18 Å². The van der Waals surface area contributed by atoms with Gasteiger partial charge in [-0.1, -0.05) is 0 Å². The van der Waals surface area contributed by atoms with Gasteiger partial charge >= 0.3 is 5.97 Å². The van der Waals surface area contributed by atoms with Crippen LogP contribution < -0.4 is 4.74 Å². The standard InChI is InChI=1S/C15H17FN2O4/c1-2-21-15(20)13-8-12(17-18-13)5-6-22-14-4-3-11(16)7-10(14)9-19/h3-4,7-8,19H,2,5-6,9H2,1H3,(H,17,18). The molecule has 0 radical (unpaired) electrons. The van der Waals surface area contributed by atoms with E-state index < -0.39 is 11.8 Å². The number of esters is 1. The summed E-state index contributed by atoms with van der Waals surface area (Å²) in [5.41, 5.74) is 1.32. The van der Waals surface area contributed by atoms with Crippen molar-refractivity contribution in [2.45, 2.75) is 20.0 Å². The molecule has 0 atom stereocenters. The first-order valence-corrected chi connectivity index (χ1v) is 6.87. The molecule has 0 aliphatic heterocycles. The number of aromatic amines is 1. The Morgan fingerprint density at radius 1 is 1.41 bits per heavy atom. The summed E-state index contributed by atoms with van der Waals surface area (Å²) in [6.07, 6.45) is 0.481. The highest BCUT2D eigenvalue weighted by Gasteiger charge is 2.11. The molecule has 0 amide bonds. The predicted molar refractivity (Wildman–Crippen MR) is 76.1 cm³/mol. The predicted octanol–water partition coefficient (Wildman–Crippen LogP) is 1.84. The zero-order valence-electron chi connectivity index (χ0n) is 12.1. The zero-order chi connectivity index (χ0) is 15.9. The number of H-pyrrole nitrogens is 1. The Hall–Kier alpha value is -2.41. The highest BCUT2D eigenvalue weighted by Crippen LogP contribution is 2.19. The van der Waals surface area contributed by atoms with Crippen LogP contribution in [0.5, 0.6) is 5.75 Å². The van der Waals surface area contributed by atoms with Crippen molar-refractivity contribution in [2.75, 3.05) is 13.2 Å². The van der Waals surface area contributed by atoms with Gasteiger partial charge in [0.25, 0.3) is 0 Å². The number of carbonyl (C=O) groups is 1. The van der Waals surface area contributed by atoms with Gasteiger partial charge in [0, 0.05) is 17.7 Å². The van der Waals surface area contributed by atoms with Gasteiger partial charge in [-0.2, -0.15) is 5.10 Å². The van der Waals surface area contributed by atoms with E-state index >= 15 is 0 Å². The Morgan fingerprint density at radius 2 is 2.23 bits per heavy atom. The summed E-state index contributed by atoms with van der Waals surface area (Å²) in [7, 11) is 0. The SMILES string of the molecule is CCOC(=O)c1cc(CCOc2ccc(F)cc2CO)[nH]n1. The van der Waals surface area contributed by atoms with E-state index in [1.165, 1.54) is 18.2 Å². The number of ether oxygens (including phenoxy) is 2. The molecule has 0 spiro atoms. The van der Waals surface area contributed by atoms with Crippen LogP contribution in [0.15, 0.2) is 24.3 Å². The van der Waals surface area contributed by atoms with E-state index in [1.54, 1.807) is 13.0 Å². The third-order valence-electron chi connectivity index (χ3n) is 2.94. The van der Waals surface area contributed by atoms with Crippen molar-refractivity contribution < 1.29 is 23.8 Å². The summed E-state index contributed by atoms with van der Waals surface area (Å²) < 4.78 is 23.4. The van der Waals surface area contributed by atoms with Crippen molar-refractivity contribution in [1.29, 1.82) is 0 Å². The maximum Gasteiger partial charge on any atom is 0.358 e. The van der Waals surface area contributed by atoms with Crippen molar-refractivity contribution in [3.63, 3.8) is 0 Å². The lowest BCUT2D eigenvalue weighted by atomic mass is 10.2. The number of aliphatic hydroxyl groups excluding tert-OH is 1. The van der Waals surface area contributed by atoms with Crippen molar-refractivity contribution in [3.05, 3.63) is 47.0 Å². The van der Waals surface area contributed by atoms with Crippen LogP contribution in [0, 0.1) is 5.82 Å². The third-order valence-corrected chi connectivity index (χ3v) is 2.94. The monoisotopic (exact) mass is 308 g/mol. The van der Waals surface area contributed by atoms with Crippen LogP contribution in [0.25, 0.3) is 0 Å². The van der Waals surface area contributed by atoms with E-state index in [1.807, 2.05) is 0 Å². The molecule has 2 N–H and O–H groups in total. The molecule has 0 aliphatic rings. The van der Waals surface area contributed by atoms with Crippen LogP contribution in [0.4, 0.5) is 4.39 Å². The first-order valence-electron chi connectivity index (χ1n) is 6.87. The lowest BCUT2D eigenvalue weighted by Gasteiger charge is -2.09. The summed E-state index contributed by atoms with van der Waals surface area (Å²) in [6.45, 7) is 2.01. The molecule has 1 aromatic carbocycles. The average Bonchev–Trinajstić information content (AvgIpc) is 2.98. The van der Waals surface area contributed by atoms with Crippen molar-refractivity contribution in [2.24, 2.45) is 0 Å². The minimum Gasteiger partial charge on any atom is -0.493 e. The number of benzene rings is 1. The molecule has 1 heterocycles. The van der Waals surface area contributed by atoms with Gasteiger partial charge in [0.05, 0.1) is 19.8 Å². The number of nitrogens with one attached hydrogen (secondary N) is 1. The Balaban J connectivity index is 1.90. The number of carbonyl (C=O) groups excluding carboxylic acids is 1. The molecular formula is C15H17FN2O4. The lowest BCUT2D eigenvalue weighted by molar-refractivity contribution is 0.0519. The van der Waals surface area contributed by atoms with Crippen LogP contribution in [-0.2, 0) is 17.8 Å². The topological polar surface area (TPSA) is 84.4 Å². The minimum absolute atomic E-state index is 0.217. The fraction of sp³-hybridized carbons (Fsp3) is 0.333. The number of rotatable bonds is 7. The molecule has 0 aliphatic carbocycles. The van der Waals surface area contributed by atoms with Crippen LogP contribution in [-0.4, -0.2) is 34.5 Å². The Bertz CT molecular complexity index is 642. The highest BCUT2D eigenvalue weighted by molar-refractivity contribution is 5.87. The molecule has 1 aromatic heterocycles. The summed E-state index contributed by atoms with van der Waals surface area (Å²) in [5, 5.41) is 15.7. The fourth-order valence-electron chi connectivity index (χ4n) is 1.88. The van der Waals surface area contributed by atoms with Crippen LogP contribution >= 0.6 is 0 Å². The van der Waals surface area contributed by atoms with Gasteiger partial charge < -0.3 is 14.6 Å². The molecular weight excluding hydrogens is 291 g/mol. The van der Waals surface area contributed by atoms with E-state index in [2.05, 4.69) is 10.2 Å². The largest absolute Gasteiger partial charge is 0.493 e. The quantitative estimate of drug-likeness (QED) is 0.762. The Labute approximate surface area is 126 Å². The van der Waals surface area contributed by atoms with Crippen molar-refractivity contribution >= 4 is 5.97 Å². The number of hydrogen-bond acceptors (Lipinski definition) is 5. The summed E-state index contributed by atoms with van der Waals surface area (Å²) in [6, 6.07) is 5.56. The van der Waals surface area contributed by atoms with E-state index in [-0.39, 0.29) is 12.3 Å². The molecule has 7 heteroatoms. The first-order chi connectivity index (χ1) is 10.6. The molecule has 0 unspecified atom stereocenters. The molecule has 2 rings (SSSR count). The fourth-order valence-corrected chi connectivity index (χ4v) is 1.88. The van der Waals surface area contributed by atoms with Gasteiger partial charge in [0.1, 0.15) is 11.6 Å². The highest BCUT2D eigenvalue weighted by atomic mass is 19.1. The molecule has 0 saturated heterocycles. The van der Waals surface area contributed by atoms with Gasteiger partial charge in [-0.05, 0) is 31.2 Å². The smallest absolute Gasteiger partial charge is 0.358 e. The normalized spacial score (nSPS) is 10.5. The molecule has 2 aromatic rings. The van der Waals surface area contributed by atoms with Crippen LogP contribution in [0.3, 0.4) is 0 Å². The van der Waals surface area contributed by atoms with Crippen molar-refractivity contribution in [1.82, 2.24) is 10.2 Å². The van der Waals surface area contributed by atoms with E-state index in [0.717, 1.165) is 5.69 Å². The average molecular weight is 308 g/mol.